The Balaban J connectivity index is 2.78. The van der Waals surface area contributed by atoms with Crippen LogP contribution in [0.5, 0.6) is 0 Å². The van der Waals surface area contributed by atoms with Crippen LogP contribution in [0.2, 0.25) is 0 Å². The Kier molecular flexibility index (Phi) is 4.94. The minimum atomic E-state index is -2.99. The molecule has 2 atom stereocenters. The van der Waals surface area contributed by atoms with Gasteiger partial charge in [0.1, 0.15) is 0 Å². The summed E-state index contributed by atoms with van der Waals surface area (Å²) in [6, 6.07) is -0.0378. The fourth-order valence-corrected chi connectivity index (χ4v) is 4.01. The summed E-state index contributed by atoms with van der Waals surface area (Å²) in [7, 11) is -2.99. The largest absolute Gasteiger partial charge is 0.480 e. The van der Waals surface area contributed by atoms with E-state index in [0.29, 0.717) is 6.42 Å². The zero-order valence-corrected chi connectivity index (χ0v) is 11.2. The predicted molar refractivity (Wildman–Crippen MR) is 65.8 cm³/mol. The van der Waals surface area contributed by atoms with Gasteiger partial charge in [-0.3, -0.25) is 9.69 Å². The molecular weight excluding hydrogens is 242 g/mol. The van der Waals surface area contributed by atoms with Crippen molar-refractivity contribution < 1.29 is 18.3 Å². The van der Waals surface area contributed by atoms with E-state index >= 15 is 0 Å². The highest BCUT2D eigenvalue weighted by molar-refractivity contribution is 7.91. The van der Waals surface area contributed by atoms with Crippen molar-refractivity contribution in [1.82, 2.24) is 4.90 Å². The molecule has 6 heteroatoms. The minimum Gasteiger partial charge on any atom is -0.480 e. The molecule has 1 fully saturated rings. The Bertz CT molecular complexity index is 366. The molecule has 0 aromatic rings. The maximum atomic E-state index is 11.6. The van der Waals surface area contributed by atoms with Crippen LogP contribution in [0.25, 0.3) is 0 Å². The first kappa shape index (κ1) is 14.4. The number of nitrogens with zero attached hydrogens (tertiary/aromatic N) is 1. The van der Waals surface area contributed by atoms with Crippen molar-refractivity contribution in [3.63, 3.8) is 0 Å². The number of rotatable bonds is 5. The van der Waals surface area contributed by atoms with Gasteiger partial charge in [-0.25, -0.2) is 8.42 Å². The molecule has 1 heterocycles. The van der Waals surface area contributed by atoms with Crippen molar-refractivity contribution in [3.8, 4) is 0 Å². The minimum absolute atomic E-state index is 0.0742. The van der Waals surface area contributed by atoms with Gasteiger partial charge in [0.2, 0.25) is 0 Å². The monoisotopic (exact) mass is 263 g/mol. The second-order valence-electron chi connectivity index (χ2n) is 4.73. The molecule has 0 aromatic carbocycles. The fourth-order valence-electron chi connectivity index (χ4n) is 2.30. The molecule has 2 unspecified atom stereocenters. The lowest BCUT2D eigenvalue weighted by molar-refractivity contribution is -0.139. The molecule has 0 saturated carbocycles. The van der Waals surface area contributed by atoms with Crippen molar-refractivity contribution in [2.45, 2.75) is 45.2 Å². The highest BCUT2D eigenvalue weighted by atomic mass is 32.2. The molecule has 0 aromatic heterocycles. The van der Waals surface area contributed by atoms with Gasteiger partial charge in [0.25, 0.3) is 0 Å². The number of aliphatic carboxylic acids is 1. The summed E-state index contributed by atoms with van der Waals surface area (Å²) in [5.41, 5.74) is 0. The highest BCUT2D eigenvalue weighted by Gasteiger charge is 2.32. The van der Waals surface area contributed by atoms with E-state index in [4.69, 9.17) is 5.11 Å². The van der Waals surface area contributed by atoms with Gasteiger partial charge in [0.15, 0.2) is 9.84 Å². The van der Waals surface area contributed by atoms with Crippen LogP contribution in [-0.2, 0) is 14.6 Å². The van der Waals surface area contributed by atoms with E-state index < -0.39 is 15.8 Å². The molecule has 1 saturated heterocycles. The first-order chi connectivity index (χ1) is 7.85. The maximum Gasteiger partial charge on any atom is 0.317 e. The summed E-state index contributed by atoms with van der Waals surface area (Å²) >= 11 is 0. The number of sulfone groups is 1. The van der Waals surface area contributed by atoms with Gasteiger partial charge < -0.3 is 5.11 Å². The number of hydrogen-bond donors (Lipinski definition) is 1. The van der Waals surface area contributed by atoms with Crippen molar-refractivity contribution in [2.75, 3.05) is 18.1 Å². The quantitative estimate of drug-likeness (QED) is 0.792. The molecule has 0 radical (unpaired) electrons. The summed E-state index contributed by atoms with van der Waals surface area (Å²) in [4.78, 5) is 12.7. The highest BCUT2D eigenvalue weighted by Crippen LogP contribution is 2.20. The van der Waals surface area contributed by atoms with Crippen LogP contribution in [0.15, 0.2) is 0 Å². The molecule has 5 nitrogen and oxygen atoms in total. The zero-order valence-electron chi connectivity index (χ0n) is 10.4. The van der Waals surface area contributed by atoms with Crippen molar-refractivity contribution in [1.29, 1.82) is 0 Å². The van der Waals surface area contributed by atoms with Gasteiger partial charge in [0, 0.05) is 12.1 Å². The summed E-state index contributed by atoms with van der Waals surface area (Å²) < 4.78 is 23.2. The number of hydrogen-bond acceptors (Lipinski definition) is 4. The van der Waals surface area contributed by atoms with E-state index in [9.17, 15) is 13.2 Å². The van der Waals surface area contributed by atoms with Crippen molar-refractivity contribution in [3.05, 3.63) is 0 Å². The van der Waals surface area contributed by atoms with Crippen LogP contribution in [-0.4, -0.2) is 54.5 Å². The first-order valence-corrected chi connectivity index (χ1v) is 7.86. The smallest absolute Gasteiger partial charge is 0.317 e. The molecule has 1 N–H and O–H groups in total. The lowest BCUT2D eigenvalue weighted by Gasteiger charge is -2.36. The average molecular weight is 263 g/mol. The van der Waals surface area contributed by atoms with Crippen LogP contribution in [0, 0.1) is 0 Å². The Hall–Kier alpha value is -0.620. The van der Waals surface area contributed by atoms with Gasteiger partial charge in [-0.05, 0) is 26.2 Å². The van der Waals surface area contributed by atoms with Gasteiger partial charge in [-0.2, -0.15) is 0 Å². The third-order valence-electron chi connectivity index (χ3n) is 3.38. The molecule has 0 bridgehead atoms. The van der Waals surface area contributed by atoms with Crippen LogP contribution in [0.4, 0.5) is 0 Å². The first-order valence-electron chi connectivity index (χ1n) is 6.03. The molecule has 17 heavy (non-hydrogen) atoms. The second-order valence-corrected chi connectivity index (χ2v) is 6.96. The number of carboxylic acids is 1. The summed E-state index contributed by atoms with van der Waals surface area (Å²) in [6.07, 6.45) is 2.24. The van der Waals surface area contributed by atoms with E-state index in [1.165, 1.54) is 0 Å². The molecule has 1 aliphatic heterocycles. The standard InChI is InChI=1S/C11H21NO4S/c1-3-9(2)12(7-11(13)14)10-5-4-6-17(15,16)8-10/h9-10H,3-8H2,1-2H3,(H,13,14). The van der Waals surface area contributed by atoms with E-state index in [2.05, 4.69) is 0 Å². The Labute approximate surface area is 103 Å². The fraction of sp³-hybridized carbons (Fsp3) is 0.909. The molecule has 1 rings (SSSR count). The van der Waals surface area contributed by atoms with E-state index in [0.717, 1.165) is 12.8 Å². The SMILES string of the molecule is CCC(C)N(CC(=O)O)C1CCCS(=O)(=O)C1. The molecule has 0 spiro atoms. The lowest BCUT2D eigenvalue weighted by atomic mass is 10.1. The molecule has 1 aliphatic rings. The van der Waals surface area contributed by atoms with Crippen molar-refractivity contribution in [2.24, 2.45) is 0 Å². The molecule has 0 aliphatic carbocycles. The van der Waals surface area contributed by atoms with E-state index in [1.54, 1.807) is 0 Å². The molecule has 0 amide bonds. The van der Waals surface area contributed by atoms with E-state index in [1.807, 2.05) is 18.7 Å². The summed E-state index contributed by atoms with van der Waals surface area (Å²) in [5.74, 6) is -0.552. The Morgan fingerprint density at radius 2 is 2.18 bits per heavy atom. The summed E-state index contributed by atoms with van der Waals surface area (Å²) in [6.45, 7) is 3.86. The average Bonchev–Trinajstić information content (AvgIpc) is 2.23. The number of carboxylic acid groups (broad SMARTS) is 1. The van der Waals surface area contributed by atoms with Gasteiger partial charge in [-0.1, -0.05) is 6.92 Å². The van der Waals surface area contributed by atoms with Gasteiger partial charge in [-0.15, -0.1) is 0 Å². The van der Waals surface area contributed by atoms with Crippen molar-refractivity contribution >= 4 is 15.8 Å². The van der Waals surface area contributed by atoms with Crippen LogP contribution in [0.3, 0.4) is 0 Å². The lowest BCUT2D eigenvalue weighted by Crippen LogP contribution is -2.49. The number of carbonyl (C=O) groups is 1. The third kappa shape index (κ3) is 4.27. The van der Waals surface area contributed by atoms with Crippen LogP contribution >= 0.6 is 0 Å². The van der Waals surface area contributed by atoms with Gasteiger partial charge in [0.05, 0.1) is 18.1 Å². The topological polar surface area (TPSA) is 74.7 Å². The summed E-state index contributed by atoms with van der Waals surface area (Å²) in [5, 5.41) is 8.90. The van der Waals surface area contributed by atoms with Crippen LogP contribution < -0.4 is 0 Å². The Morgan fingerprint density at radius 1 is 1.53 bits per heavy atom. The molecule has 100 valence electrons. The second kappa shape index (κ2) is 5.82. The zero-order chi connectivity index (χ0) is 13.1. The van der Waals surface area contributed by atoms with E-state index in [-0.39, 0.29) is 30.1 Å². The maximum absolute atomic E-state index is 11.6. The third-order valence-corrected chi connectivity index (χ3v) is 5.19. The predicted octanol–water partition coefficient (Wildman–Crippen LogP) is 0.749. The Morgan fingerprint density at radius 3 is 2.65 bits per heavy atom. The normalized spacial score (nSPS) is 25.7. The van der Waals surface area contributed by atoms with Crippen LogP contribution in [0.1, 0.15) is 33.1 Å². The van der Waals surface area contributed by atoms with Gasteiger partial charge >= 0.3 is 5.97 Å². The molecular formula is C11H21NO4S.